The summed E-state index contributed by atoms with van der Waals surface area (Å²) in [5.74, 6) is 0.301. The topological polar surface area (TPSA) is 84.7 Å². The predicted molar refractivity (Wildman–Crippen MR) is 109 cm³/mol. The summed E-state index contributed by atoms with van der Waals surface area (Å²) >= 11 is 0. The molecule has 3 rings (SSSR count). The van der Waals surface area contributed by atoms with Gasteiger partial charge in [-0.05, 0) is 38.2 Å². The van der Waals surface area contributed by atoms with Crippen molar-refractivity contribution in [2.75, 3.05) is 26.2 Å². The summed E-state index contributed by atoms with van der Waals surface area (Å²) in [5.41, 5.74) is 1.53. The molecule has 7 nitrogen and oxygen atoms in total. The van der Waals surface area contributed by atoms with Crippen LogP contribution >= 0.6 is 0 Å². The largest absolute Gasteiger partial charge is 0.376 e. The van der Waals surface area contributed by atoms with Crippen LogP contribution < -0.4 is 5.32 Å². The Morgan fingerprint density at radius 1 is 1.28 bits per heavy atom. The van der Waals surface area contributed by atoms with E-state index in [1.807, 2.05) is 18.2 Å². The number of aromatic nitrogens is 1. The van der Waals surface area contributed by atoms with Gasteiger partial charge in [-0.2, -0.15) is 0 Å². The monoisotopic (exact) mass is 399 g/mol. The first-order valence-electron chi connectivity index (χ1n) is 10.3. The Labute approximate surface area is 171 Å². The van der Waals surface area contributed by atoms with E-state index in [0.717, 1.165) is 32.3 Å². The molecular weight excluding hydrogens is 370 g/mol. The molecule has 7 heteroatoms. The number of carbonyl (C=O) groups is 2. The number of aryl methyl sites for hydroxylation is 2. The lowest BCUT2D eigenvalue weighted by molar-refractivity contribution is -0.121. The number of nitrogens with zero attached hydrogens (tertiary/aromatic N) is 2. The summed E-state index contributed by atoms with van der Waals surface area (Å²) < 4.78 is 10.7. The van der Waals surface area contributed by atoms with Crippen LogP contribution in [0.2, 0.25) is 0 Å². The van der Waals surface area contributed by atoms with Crippen molar-refractivity contribution in [2.45, 2.75) is 45.1 Å². The normalized spacial score (nSPS) is 16.0. The number of carbonyl (C=O) groups excluding carboxylic acids is 2. The highest BCUT2D eigenvalue weighted by Crippen LogP contribution is 2.15. The number of nitrogens with one attached hydrogen (secondary N) is 1. The van der Waals surface area contributed by atoms with E-state index in [9.17, 15) is 9.59 Å². The molecule has 1 aromatic carbocycles. The van der Waals surface area contributed by atoms with Gasteiger partial charge in [0.25, 0.3) is 5.91 Å². The van der Waals surface area contributed by atoms with Crippen molar-refractivity contribution in [1.82, 2.24) is 15.4 Å². The average molecular weight is 399 g/mol. The number of rotatable bonds is 10. The zero-order valence-electron chi connectivity index (χ0n) is 16.9. The zero-order valence-corrected chi connectivity index (χ0v) is 16.9. The molecule has 156 valence electrons. The van der Waals surface area contributed by atoms with Crippen LogP contribution in [0, 0.1) is 6.92 Å². The van der Waals surface area contributed by atoms with Crippen molar-refractivity contribution >= 4 is 11.8 Å². The van der Waals surface area contributed by atoms with Gasteiger partial charge in [-0.3, -0.25) is 9.59 Å². The molecule has 1 N–H and O–H groups in total. The fraction of sp³-hybridized carbons (Fsp3) is 0.500. The molecular formula is C22H29N3O4. The van der Waals surface area contributed by atoms with Gasteiger partial charge in [-0.15, -0.1) is 0 Å². The number of hydrogen-bond acceptors (Lipinski definition) is 5. The lowest BCUT2D eigenvalue weighted by atomic mass is 10.1. The molecule has 1 aromatic heterocycles. The first-order chi connectivity index (χ1) is 14.1. The molecule has 1 saturated heterocycles. The Morgan fingerprint density at radius 2 is 2.10 bits per heavy atom. The van der Waals surface area contributed by atoms with Gasteiger partial charge in [-0.1, -0.05) is 35.5 Å². The molecule has 1 fully saturated rings. The van der Waals surface area contributed by atoms with E-state index < -0.39 is 0 Å². The highest BCUT2D eigenvalue weighted by atomic mass is 16.5. The molecule has 1 atom stereocenters. The van der Waals surface area contributed by atoms with Crippen molar-refractivity contribution in [3.63, 3.8) is 0 Å². The van der Waals surface area contributed by atoms with Crippen molar-refractivity contribution in [3.8, 4) is 0 Å². The zero-order chi connectivity index (χ0) is 20.5. The maximum absolute atomic E-state index is 12.8. The van der Waals surface area contributed by atoms with Crippen LogP contribution in [0.25, 0.3) is 0 Å². The van der Waals surface area contributed by atoms with Crippen LogP contribution in [0.15, 0.2) is 40.9 Å². The molecule has 2 aromatic rings. The lowest BCUT2D eigenvalue weighted by Crippen LogP contribution is -2.40. The van der Waals surface area contributed by atoms with E-state index in [-0.39, 0.29) is 30.0 Å². The average Bonchev–Trinajstić information content (AvgIpc) is 3.40. The maximum atomic E-state index is 12.8. The van der Waals surface area contributed by atoms with Crippen LogP contribution in [0.1, 0.15) is 47.5 Å². The van der Waals surface area contributed by atoms with Gasteiger partial charge >= 0.3 is 0 Å². The second kappa shape index (κ2) is 10.8. The molecule has 1 aliphatic heterocycles. The van der Waals surface area contributed by atoms with Gasteiger partial charge in [0.1, 0.15) is 5.76 Å². The lowest BCUT2D eigenvalue weighted by Gasteiger charge is -2.24. The van der Waals surface area contributed by atoms with Crippen LogP contribution in [0.4, 0.5) is 0 Å². The van der Waals surface area contributed by atoms with E-state index in [1.54, 1.807) is 17.9 Å². The minimum atomic E-state index is -0.228. The van der Waals surface area contributed by atoms with Crippen LogP contribution in [-0.2, 0) is 16.0 Å². The summed E-state index contributed by atoms with van der Waals surface area (Å²) in [6.07, 6.45) is 4.00. The van der Waals surface area contributed by atoms with Crippen LogP contribution in [0.5, 0.6) is 0 Å². The van der Waals surface area contributed by atoms with Crippen molar-refractivity contribution in [1.29, 1.82) is 0 Å². The summed E-state index contributed by atoms with van der Waals surface area (Å²) in [4.78, 5) is 26.7. The molecule has 0 spiro atoms. The first kappa shape index (κ1) is 21.0. The molecule has 1 aliphatic rings. The van der Waals surface area contributed by atoms with E-state index >= 15 is 0 Å². The van der Waals surface area contributed by atoms with Gasteiger partial charge in [0.2, 0.25) is 5.91 Å². The molecule has 29 heavy (non-hydrogen) atoms. The molecule has 2 amide bonds. The summed E-state index contributed by atoms with van der Waals surface area (Å²) in [7, 11) is 0. The first-order valence-corrected chi connectivity index (χ1v) is 10.3. The van der Waals surface area contributed by atoms with E-state index in [4.69, 9.17) is 9.26 Å². The molecule has 0 aliphatic carbocycles. The third kappa shape index (κ3) is 6.71. The third-order valence-corrected chi connectivity index (χ3v) is 5.00. The highest BCUT2D eigenvalue weighted by Gasteiger charge is 2.25. The molecule has 2 heterocycles. The third-order valence-electron chi connectivity index (χ3n) is 5.00. The number of hydrogen-bond donors (Lipinski definition) is 1. The second-order valence-electron chi connectivity index (χ2n) is 7.40. The Balaban J connectivity index is 1.45. The summed E-state index contributed by atoms with van der Waals surface area (Å²) in [5, 5.41) is 6.76. The van der Waals surface area contributed by atoms with Crippen molar-refractivity contribution < 1.29 is 18.8 Å². The Bertz CT molecular complexity index is 784. The summed E-state index contributed by atoms with van der Waals surface area (Å²) in [6.45, 7) is 3.88. The smallest absolute Gasteiger partial charge is 0.276 e. The number of benzene rings is 1. The molecule has 0 radical (unpaired) electrons. The Kier molecular flexibility index (Phi) is 7.81. The molecule has 0 bridgehead atoms. The minimum Gasteiger partial charge on any atom is -0.376 e. The van der Waals surface area contributed by atoms with Gasteiger partial charge in [0.15, 0.2) is 5.69 Å². The fourth-order valence-corrected chi connectivity index (χ4v) is 3.43. The van der Waals surface area contributed by atoms with E-state index in [0.29, 0.717) is 25.4 Å². The van der Waals surface area contributed by atoms with Crippen molar-refractivity contribution in [3.05, 3.63) is 53.4 Å². The minimum absolute atomic E-state index is 0.0147. The SMILES string of the molecule is Cc1cc(C(=O)N(CCC(=O)NCCCc2ccccc2)CC2CCCO2)no1. The van der Waals surface area contributed by atoms with Crippen LogP contribution in [-0.4, -0.2) is 54.2 Å². The Hall–Kier alpha value is -2.67. The standard InChI is InChI=1S/C22H29N3O4/c1-17-15-20(24-29-17)22(27)25(16-19-10-6-14-28-19)13-11-21(26)23-12-5-9-18-7-3-2-4-8-18/h2-4,7-8,15,19H,5-6,9-14,16H2,1H3,(H,23,26). The van der Waals surface area contributed by atoms with Gasteiger partial charge in [0, 0.05) is 38.7 Å². The van der Waals surface area contributed by atoms with E-state index in [1.165, 1.54) is 5.56 Å². The Morgan fingerprint density at radius 3 is 2.79 bits per heavy atom. The van der Waals surface area contributed by atoms with Gasteiger partial charge in [-0.25, -0.2) is 0 Å². The highest BCUT2D eigenvalue weighted by molar-refractivity contribution is 5.92. The quantitative estimate of drug-likeness (QED) is 0.621. The predicted octanol–water partition coefficient (Wildman–Crippen LogP) is 2.74. The van der Waals surface area contributed by atoms with E-state index in [2.05, 4.69) is 22.6 Å². The fourth-order valence-electron chi connectivity index (χ4n) is 3.43. The van der Waals surface area contributed by atoms with Gasteiger partial charge < -0.3 is 19.5 Å². The second-order valence-corrected chi connectivity index (χ2v) is 7.40. The van der Waals surface area contributed by atoms with Crippen LogP contribution in [0.3, 0.4) is 0 Å². The molecule has 0 saturated carbocycles. The van der Waals surface area contributed by atoms with Crippen molar-refractivity contribution in [2.24, 2.45) is 0 Å². The number of amides is 2. The summed E-state index contributed by atoms with van der Waals surface area (Å²) in [6, 6.07) is 11.8. The van der Waals surface area contributed by atoms with Gasteiger partial charge in [0.05, 0.1) is 6.10 Å². The molecule has 1 unspecified atom stereocenters. The number of ether oxygens (including phenoxy) is 1. The maximum Gasteiger partial charge on any atom is 0.276 e.